The Labute approximate surface area is 77.8 Å². The maximum atomic E-state index is 11.8. The Morgan fingerprint density at radius 2 is 2.08 bits per heavy atom. The van der Waals surface area contributed by atoms with Crippen molar-refractivity contribution in [2.75, 3.05) is 13.3 Å². The van der Waals surface area contributed by atoms with Crippen molar-refractivity contribution in [2.45, 2.75) is 25.7 Å². The second kappa shape index (κ2) is 2.66. The predicted molar refractivity (Wildman–Crippen MR) is 50.7 cm³/mol. The summed E-state index contributed by atoms with van der Waals surface area (Å²) in [4.78, 5) is 11.8. The second-order valence-electron chi connectivity index (χ2n) is 3.92. The molecule has 2 fully saturated rings. The molecular weight excluding hydrogens is 170 g/mol. The van der Waals surface area contributed by atoms with E-state index < -0.39 is 0 Å². The van der Waals surface area contributed by atoms with Crippen LogP contribution in [0.1, 0.15) is 25.7 Å². The van der Waals surface area contributed by atoms with Crippen LogP contribution in [0.25, 0.3) is 0 Å². The molecule has 2 rings (SSSR count). The van der Waals surface area contributed by atoms with E-state index in [2.05, 4.69) is 0 Å². The summed E-state index contributed by atoms with van der Waals surface area (Å²) in [5, 5.41) is 0. The van der Waals surface area contributed by atoms with Crippen molar-refractivity contribution in [3.05, 3.63) is 0 Å². The summed E-state index contributed by atoms with van der Waals surface area (Å²) in [5.74, 6) is 1.11. The molecule has 0 aromatic rings. The quantitative estimate of drug-likeness (QED) is 0.626. The van der Waals surface area contributed by atoms with Gasteiger partial charge in [-0.15, -0.1) is 0 Å². The lowest BCUT2D eigenvalue weighted by Crippen LogP contribution is -2.30. The molecule has 1 amide bonds. The first-order chi connectivity index (χ1) is 5.70. The Morgan fingerprint density at radius 3 is 2.42 bits per heavy atom. The van der Waals surface area contributed by atoms with Crippen LogP contribution in [0.3, 0.4) is 0 Å². The molecule has 0 spiro atoms. The van der Waals surface area contributed by atoms with E-state index in [1.54, 1.807) is 4.31 Å². The van der Waals surface area contributed by atoms with Crippen LogP contribution in [0, 0.1) is 11.3 Å². The molecule has 0 heterocycles. The van der Waals surface area contributed by atoms with E-state index in [0.29, 0.717) is 5.91 Å². The van der Waals surface area contributed by atoms with Gasteiger partial charge in [-0.2, -0.15) is 0 Å². The minimum atomic E-state index is 0.109. The molecule has 0 radical (unpaired) electrons. The lowest BCUT2D eigenvalue weighted by atomic mass is 10.00. The molecule has 2 saturated carbocycles. The highest BCUT2D eigenvalue weighted by atomic mass is 32.2. The van der Waals surface area contributed by atoms with Crippen LogP contribution in [0.5, 0.6) is 0 Å². The molecule has 2 aliphatic carbocycles. The Hall–Kier alpha value is -0.180. The Morgan fingerprint density at radius 1 is 1.50 bits per heavy atom. The number of rotatable bonds is 3. The average molecular weight is 185 g/mol. The maximum Gasteiger partial charge on any atom is 0.238 e. The first-order valence-corrected chi connectivity index (χ1v) is 5.71. The highest BCUT2D eigenvalue weighted by molar-refractivity contribution is 7.96. The van der Waals surface area contributed by atoms with Crippen LogP contribution in [-0.4, -0.2) is 23.5 Å². The molecule has 0 atom stereocenters. The summed E-state index contributed by atoms with van der Waals surface area (Å²) >= 11 is 1.53. The fourth-order valence-electron chi connectivity index (χ4n) is 1.96. The third kappa shape index (κ3) is 1.15. The monoisotopic (exact) mass is 185 g/mol. The summed E-state index contributed by atoms with van der Waals surface area (Å²) in [6, 6.07) is 0. The molecule has 0 saturated heterocycles. The molecule has 2 aliphatic rings. The molecule has 12 heavy (non-hydrogen) atoms. The molecular formula is C9H15NOS. The van der Waals surface area contributed by atoms with Gasteiger partial charge in [0.1, 0.15) is 0 Å². The molecule has 0 bridgehead atoms. The first kappa shape index (κ1) is 8.42. The summed E-state index contributed by atoms with van der Waals surface area (Å²) < 4.78 is 1.80. The largest absolute Gasteiger partial charge is 0.289 e. The minimum Gasteiger partial charge on any atom is -0.289 e. The van der Waals surface area contributed by atoms with Gasteiger partial charge in [0.2, 0.25) is 5.91 Å². The van der Waals surface area contributed by atoms with Crippen LogP contribution in [0.2, 0.25) is 0 Å². The summed E-state index contributed by atoms with van der Waals surface area (Å²) in [5.41, 5.74) is 0.109. The zero-order chi connectivity index (χ0) is 8.77. The molecule has 0 unspecified atom stereocenters. The van der Waals surface area contributed by atoms with Gasteiger partial charge in [0, 0.05) is 13.3 Å². The topological polar surface area (TPSA) is 20.3 Å². The van der Waals surface area contributed by atoms with Gasteiger partial charge in [0.05, 0.1) is 5.41 Å². The molecule has 68 valence electrons. The number of hydrogen-bond donors (Lipinski definition) is 0. The van der Waals surface area contributed by atoms with Gasteiger partial charge in [0.25, 0.3) is 0 Å². The second-order valence-corrected chi connectivity index (χ2v) is 4.83. The van der Waals surface area contributed by atoms with Gasteiger partial charge in [0.15, 0.2) is 0 Å². The number of amides is 1. The normalized spacial score (nSPS) is 25.2. The first-order valence-electron chi connectivity index (χ1n) is 4.53. The smallest absolute Gasteiger partial charge is 0.238 e. The van der Waals surface area contributed by atoms with E-state index >= 15 is 0 Å². The van der Waals surface area contributed by atoms with Crippen molar-refractivity contribution < 1.29 is 4.79 Å². The fourth-order valence-corrected chi connectivity index (χ4v) is 2.31. The van der Waals surface area contributed by atoms with Crippen molar-refractivity contribution in [1.29, 1.82) is 0 Å². The number of carbonyl (C=O) groups excluding carboxylic acids is 1. The lowest BCUT2D eigenvalue weighted by molar-refractivity contribution is -0.131. The molecule has 3 heteroatoms. The van der Waals surface area contributed by atoms with Crippen LogP contribution in [0.4, 0.5) is 0 Å². The van der Waals surface area contributed by atoms with Gasteiger partial charge < -0.3 is 0 Å². The van der Waals surface area contributed by atoms with Crippen LogP contribution < -0.4 is 0 Å². The van der Waals surface area contributed by atoms with Crippen molar-refractivity contribution in [2.24, 2.45) is 11.3 Å². The third-order valence-electron chi connectivity index (χ3n) is 3.13. The van der Waals surface area contributed by atoms with E-state index in [1.807, 2.05) is 13.3 Å². The SMILES string of the molecule is CSN(C)C(=O)C1(C2CC2)CC1. The summed E-state index contributed by atoms with van der Waals surface area (Å²) in [7, 11) is 1.88. The zero-order valence-corrected chi connectivity index (χ0v) is 8.49. The number of carbonyl (C=O) groups is 1. The highest BCUT2D eigenvalue weighted by Gasteiger charge is 2.59. The Balaban J connectivity index is 2.02. The van der Waals surface area contributed by atoms with Crippen molar-refractivity contribution in [1.82, 2.24) is 4.31 Å². The molecule has 2 nitrogen and oxygen atoms in total. The average Bonchev–Trinajstić information content (AvgIpc) is 2.87. The van der Waals surface area contributed by atoms with E-state index in [-0.39, 0.29) is 5.41 Å². The predicted octanol–water partition coefficient (Wildman–Crippen LogP) is 1.91. The van der Waals surface area contributed by atoms with Crippen LogP contribution in [0.15, 0.2) is 0 Å². The molecule has 0 N–H and O–H groups in total. The van der Waals surface area contributed by atoms with E-state index in [1.165, 1.54) is 24.8 Å². The van der Waals surface area contributed by atoms with Crippen molar-refractivity contribution >= 4 is 17.9 Å². The van der Waals surface area contributed by atoms with Crippen LogP contribution in [-0.2, 0) is 4.79 Å². The van der Waals surface area contributed by atoms with Crippen molar-refractivity contribution in [3.63, 3.8) is 0 Å². The third-order valence-corrected chi connectivity index (χ3v) is 3.85. The van der Waals surface area contributed by atoms with Gasteiger partial charge in [-0.25, -0.2) is 0 Å². The Bertz CT molecular complexity index is 209. The lowest BCUT2D eigenvalue weighted by Gasteiger charge is -2.20. The van der Waals surface area contributed by atoms with Crippen molar-refractivity contribution in [3.8, 4) is 0 Å². The number of hydrogen-bond acceptors (Lipinski definition) is 2. The number of nitrogens with zero attached hydrogens (tertiary/aromatic N) is 1. The molecule has 0 aromatic heterocycles. The highest BCUT2D eigenvalue weighted by Crippen LogP contribution is 2.62. The van der Waals surface area contributed by atoms with Crippen LogP contribution >= 0.6 is 11.9 Å². The molecule has 0 aromatic carbocycles. The van der Waals surface area contributed by atoms with Gasteiger partial charge >= 0.3 is 0 Å². The standard InChI is InChI=1S/C9H15NOS/c1-10(12-2)8(11)9(5-6-9)7-3-4-7/h7H,3-6H2,1-2H3. The van der Waals surface area contributed by atoms with E-state index in [0.717, 1.165) is 18.8 Å². The van der Waals surface area contributed by atoms with Gasteiger partial charge in [-0.1, -0.05) is 11.9 Å². The van der Waals surface area contributed by atoms with E-state index in [4.69, 9.17) is 0 Å². The van der Waals surface area contributed by atoms with Gasteiger partial charge in [-0.3, -0.25) is 9.10 Å². The minimum absolute atomic E-state index is 0.109. The summed E-state index contributed by atoms with van der Waals surface area (Å²) in [6.07, 6.45) is 6.81. The Kier molecular flexibility index (Phi) is 1.86. The fraction of sp³-hybridized carbons (Fsp3) is 0.889. The van der Waals surface area contributed by atoms with Gasteiger partial charge in [-0.05, 0) is 31.6 Å². The maximum absolute atomic E-state index is 11.8. The molecule has 0 aliphatic heterocycles. The summed E-state index contributed by atoms with van der Waals surface area (Å²) in [6.45, 7) is 0. The van der Waals surface area contributed by atoms with E-state index in [9.17, 15) is 4.79 Å². The zero-order valence-electron chi connectivity index (χ0n) is 7.67.